The predicted molar refractivity (Wildman–Crippen MR) is 109 cm³/mol. The summed E-state index contributed by atoms with van der Waals surface area (Å²) >= 11 is 6.07. The second-order valence-electron chi connectivity index (χ2n) is 6.66. The van der Waals surface area contributed by atoms with Crippen molar-refractivity contribution in [1.82, 2.24) is 9.21 Å². The highest BCUT2D eigenvalue weighted by Gasteiger charge is 2.31. The van der Waals surface area contributed by atoms with Crippen LogP contribution in [0.4, 0.5) is 0 Å². The summed E-state index contributed by atoms with van der Waals surface area (Å²) in [5, 5.41) is 0.443. The first-order valence-corrected chi connectivity index (χ1v) is 11.1. The first-order valence-electron chi connectivity index (χ1n) is 9.08. The monoisotopic (exact) mass is 422 g/mol. The molecule has 0 radical (unpaired) electrons. The van der Waals surface area contributed by atoms with Crippen molar-refractivity contribution in [2.45, 2.75) is 18.8 Å². The molecule has 0 bridgehead atoms. The Morgan fingerprint density at radius 3 is 2.29 bits per heavy atom. The number of carbonyl (C=O) groups excluding carboxylic acids is 1. The molecule has 3 rings (SSSR count). The molecule has 1 aliphatic rings. The van der Waals surface area contributed by atoms with Crippen molar-refractivity contribution in [1.29, 1.82) is 0 Å². The zero-order chi connectivity index (χ0) is 20.1. The van der Waals surface area contributed by atoms with Crippen LogP contribution in [0, 0.1) is 0 Å². The number of benzene rings is 2. The van der Waals surface area contributed by atoms with Crippen molar-refractivity contribution in [3.8, 4) is 5.75 Å². The zero-order valence-corrected chi connectivity index (χ0v) is 17.2. The summed E-state index contributed by atoms with van der Waals surface area (Å²) in [6, 6.07) is 16.1. The van der Waals surface area contributed by atoms with Crippen LogP contribution in [0.15, 0.2) is 54.6 Å². The summed E-state index contributed by atoms with van der Waals surface area (Å²) < 4.78 is 32.4. The first kappa shape index (κ1) is 20.6. The number of ether oxygens (including phenoxy) is 1. The van der Waals surface area contributed by atoms with Crippen LogP contribution in [-0.4, -0.2) is 55.8 Å². The second kappa shape index (κ2) is 8.94. The van der Waals surface area contributed by atoms with Crippen LogP contribution in [0.5, 0.6) is 5.75 Å². The van der Waals surface area contributed by atoms with Gasteiger partial charge in [0.15, 0.2) is 6.10 Å². The van der Waals surface area contributed by atoms with Crippen molar-refractivity contribution in [3.63, 3.8) is 0 Å². The highest BCUT2D eigenvalue weighted by molar-refractivity contribution is 7.88. The van der Waals surface area contributed by atoms with Gasteiger partial charge in [-0.3, -0.25) is 4.79 Å². The van der Waals surface area contributed by atoms with E-state index in [4.69, 9.17) is 16.3 Å². The van der Waals surface area contributed by atoms with Gasteiger partial charge in [0.05, 0.1) is 10.8 Å². The van der Waals surface area contributed by atoms with E-state index in [1.54, 1.807) is 48.2 Å². The van der Waals surface area contributed by atoms with E-state index in [2.05, 4.69) is 0 Å². The van der Waals surface area contributed by atoms with Gasteiger partial charge in [-0.15, -0.1) is 0 Å². The van der Waals surface area contributed by atoms with E-state index in [9.17, 15) is 13.2 Å². The smallest absolute Gasteiger partial charge is 0.263 e. The van der Waals surface area contributed by atoms with Gasteiger partial charge in [-0.25, -0.2) is 8.42 Å². The second-order valence-corrected chi connectivity index (χ2v) is 9.03. The molecule has 2 aromatic rings. The molecular formula is C20H23ClN2O4S. The van der Waals surface area contributed by atoms with Gasteiger partial charge in [-0.05, 0) is 24.6 Å². The topological polar surface area (TPSA) is 66.9 Å². The minimum Gasteiger partial charge on any atom is -0.479 e. The van der Waals surface area contributed by atoms with Crippen LogP contribution in [0.3, 0.4) is 0 Å². The molecule has 0 aromatic heterocycles. The molecule has 8 heteroatoms. The zero-order valence-electron chi connectivity index (χ0n) is 15.6. The summed E-state index contributed by atoms with van der Waals surface area (Å²) in [5.41, 5.74) is 0.753. The summed E-state index contributed by atoms with van der Waals surface area (Å²) in [6.45, 7) is 2.90. The van der Waals surface area contributed by atoms with E-state index in [-0.39, 0.29) is 24.7 Å². The largest absolute Gasteiger partial charge is 0.479 e. The van der Waals surface area contributed by atoms with Crippen LogP contribution < -0.4 is 4.74 Å². The number of amides is 1. The molecular weight excluding hydrogens is 400 g/mol. The predicted octanol–water partition coefficient (Wildman–Crippen LogP) is 2.78. The van der Waals surface area contributed by atoms with Crippen LogP contribution in [0.1, 0.15) is 12.5 Å². The Hall–Kier alpha value is -2.09. The van der Waals surface area contributed by atoms with Gasteiger partial charge in [0, 0.05) is 26.2 Å². The minimum absolute atomic E-state index is 0.0339. The molecule has 0 N–H and O–H groups in total. The summed E-state index contributed by atoms with van der Waals surface area (Å²) in [6.07, 6.45) is -0.702. The first-order chi connectivity index (χ1) is 13.4. The molecule has 1 atom stereocenters. The Morgan fingerprint density at radius 2 is 1.64 bits per heavy atom. The van der Waals surface area contributed by atoms with Gasteiger partial charge in [0.1, 0.15) is 5.75 Å². The van der Waals surface area contributed by atoms with E-state index in [0.717, 1.165) is 5.56 Å². The molecule has 0 aliphatic carbocycles. The third kappa shape index (κ3) is 5.04. The van der Waals surface area contributed by atoms with E-state index >= 15 is 0 Å². The van der Waals surface area contributed by atoms with Crippen LogP contribution in [-0.2, 0) is 20.6 Å². The lowest BCUT2D eigenvalue weighted by Gasteiger charge is -2.35. The van der Waals surface area contributed by atoms with E-state index in [1.807, 2.05) is 18.2 Å². The van der Waals surface area contributed by atoms with Crippen LogP contribution >= 0.6 is 11.6 Å². The van der Waals surface area contributed by atoms with Crippen molar-refractivity contribution in [2.75, 3.05) is 26.2 Å². The molecule has 1 heterocycles. The number of para-hydroxylation sites is 1. The Kier molecular flexibility index (Phi) is 6.59. The standard InChI is InChI=1S/C20H23ClN2O4S/c1-16(27-19-10-6-5-9-18(19)21)20(24)22-11-13-23(14-12-22)28(25,26)15-17-7-3-2-4-8-17/h2-10,16H,11-15H2,1H3. The number of hydrogen-bond acceptors (Lipinski definition) is 4. The van der Waals surface area contributed by atoms with E-state index in [0.29, 0.717) is 23.9 Å². The number of nitrogens with zero attached hydrogens (tertiary/aromatic N) is 2. The van der Waals surface area contributed by atoms with Crippen molar-refractivity contribution in [2.24, 2.45) is 0 Å². The summed E-state index contributed by atoms with van der Waals surface area (Å²) in [4.78, 5) is 14.3. The van der Waals surface area contributed by atoms with Crippen LogP contribution in [0.25, 0.3) is 0 Å². The van der Waals surface area contributed by atoms with Gasteiger partial charge in [-0.1, -0.05) is 54.1 Å². The molecule has 1 unspecified atom stereocenters. The van der Waals surface area contributed by atoms with Gasteiger partial charge >= 0.3 is 0 Å². The molecule has 0 saturated carbocycles. The number of sulfonamides is 1. The number of halogens is 1. The average molecular weight is 423 g/mol. The van der Waals surface area contributed by atoms with E-state index < -0.39 is 16.1 Å². The fraction of sp³-hybridized carbons (Fsp3) is 0.350. The lowest BCUT2D eigenvalue weighted by atomic mass is 10.2. The molecule has 28 heavy (non-hydrogen) atoms. The van der Waals surface area contributed by atoms with Crippen molar-refractivity contribution in [3.05, 3.63) is 65.2 Å². The quantitative estimate of drug-likeness (QED) is 0.717. The average Bonchev–Trinajstić information content (AvgIpc) is 2.69. The Morgan fingerprint density at radius 1 is 1.04 bits per heavy atom. The normalized spacial score (nSPS) is 16.6. The molecule has 1 saturated heterocycles. The molecule has 1 fully saturated rings. The maximum atomic E-state index is 12.7. The lowest BCUT2D eigenvalue weighted by molar-refractivity contribution is -0.139. The number of carbonyl (C=O) groups is 1. The highest BCUT2D eigenvalue weighted by atomic mass is 35.5. The maximum Gasteiger partial charge on any atom is 0.263 e. The SMILES string of the molecule is CC(Oc1ccccc1Cl)C(=O)N1CCN(S(=O)(=O)Cc2ccccc2)CC1. The molecule has 1 amide bonds. The van der Waals surface area contributed by atoms with E-state index in [1.165, 1.54) is 4.31 Å². The van der Waals surface area contributed by atoms with Gasteiger partial charge in [-0.2, -0.15) is 4.31 Å². The Balaban J connectivity index is 1.55. The minimum atomic E-state index is -3.41. The Bertz CT molecular complexity index is 913. The van der Waals surface area contributed by atoms with Gasteiger partial charge in [0.2, 0.25) is 10.0 Å². The molecule has 150 valence electrons. The Labute approximate surface area is 170 Å². The molecule has 6 nitrogen and oxygen atoms in total. The molecule has 1 aliphatic heterocycles. The maximum absolute atomic E-state index is 12.7. The number of piperazine rings is 1. The number of rotatable bonds is 6. The fourth-order valence-corrected chi connectivity index (χ4v) is 4.80. The van der Waals surface area contributed by atoms with Crippen molar-refractivity contribution >= 4 is 27.5 Å². The fourth-order valence-electron chi connectivity index (χ4n) is 3.10. The van der Waals surface area contributed by atoms with Gasteiger partial charge in [0.25, 0.3) is 5.91 Å². The summed E-state index contributed by atoms with van der Waals surface area (Å²) in [5.74, 6) is 0.238. The summed E-state index contributed by atoms with van der Waals surface area (Å²) in [7, 11) is -3.41. The molecule has 0 spiro atoms. The third-order valence-corrected chi connectivity index (χ3v) is 6.79. The van der Waals surface area contributed by atoms with Crippen molar-refractivity contribution < 1.29 is 17.9 Å². The molecule has 2 aromatic carbocycles. The lowest BCUT2D eigenvalue weighted by Crippen LogP contribution is -2.53. The third-order valence-electron chi connectivity index (χ3n) is 4.62. The van der Waals surface area contributed by atoms with Gasteiger partial charge < -0.3 is 9.64 Å². The van der Waals surface area contributed by atoms with Crippen LogP contribution in [0.2, 0.25) is 5.02 Å². The highest BCUT2D eigenvalue weighted by Crippen LogP contribution is 2.24. The number of hydrogen-bond donors (Lipinski definition) is 0.